The molecule has 1 aromatic carbocycles. The van der Waals surface area contributed by atoms with Gasteiger partial charge in [-0.3, -0.25) is 9.78 Å². The summed E-state index contributed by atoms with van der Waals surface area (Å²) in [5.74, 6) is 0.494. The molecule has 1 aromatic heterocycles. The summed E-state index contributed by atoms with van der Waals surface area (Å²) < 4.78 is 0. The number of aromatic nitrogens is 1. The third-order valence-electron chi connectivity index (χ3n) is 3.95. The minimum Gasteiger partial charge on any atom is -0.394 e. The fourth-order valence-electron chi connectivity index (χ4n) is 2.61. The molecule has 0 fully saturated rings. The summed E-state index contributed by atoms with van der Waals surface area (Å²) in [5, 5.41) is 13.2. The number of rotatable bonds is 6. The predicted molar refractivity (Wildman–Crippen MR) is 93.5 cm³/mol. The highest BCUT2D eigenvalue weighted by Crippen LogP contribution is 2.20. The van der Waals surface area contributed by atoms with E-state index in [1.807, 2.05) is 44.2 Å². The number of aliphatic hydroxyl groups is 1. The van der Waals surface area contributed by atoms with Crippen molar-refractivity contribution in [2.45, 2.75) is 40.2 Å². The Morgan fingerprint density at radius 3 is 2.52 bits per heavy atom. The maximum atomic E-state index is 12.7. The first-order chi connectivity index (χ1) is 10.9. The van der Waals surface area contributed by atoms with E-state index in [-0.39, 0.29) is 24.5 Å². The Kier molecular flexibility index (Phi) is 5.72. The van der Waals surface area contributed by atoms with Gasteiger partial charge in [0.2, 0.25) is 0 Å². The third-order valence-corrected chi connectivity index (χ3v) is 3.95. The van der Waals surface area contributed by atoms with Gasteiger partial charge in [-0.15, -0.1) is 0 Å². The van der Waals surface area contributed by atoms with Gasteiger partial charge in [0, 0.05) is 11.1 Å². The number of nitrogens with one attached hydrogen (secondary N) is 1. The number of benzene rings is 1. The molecule has 0 spiro atoms. The maximum absolute atomic E-state index is 12.7. The lowest BCUT2D eigenvalue weighted by Crippen LogP contribution is -2.41. The van der Waals surface area contributed by atoms with Crippen molar-refractivity contribution in [1.29, 1.82) is 0 Å². The van der Waals surface area contributed by atoms with E-state index in [1.165, 1.54) is 0 Å². The van der Waals surface area contributed by atoms with Crippen LogP contribution in [0.1, 0.15) is 43.7 Å². The van der Waals surface area contributed by atoms with Crippen molar-refractivity contribution >= 4 is 16.8 Å². The molecule has 1 heterocycles. The highest BCUT2D eigenvalue weighted by Gasteiger charge is 2.19. The molecular formula is C19H26N2O2. The third kappa shape index (κ3) is 4.29. The lowest BCUT2D eigenvalue weighted by molar-refractivity contribution is 0.0898. The van der Waals surface area contributed by atoms with Crippen LogP contribution >= 0.6 is 0 Å². The van der Waals surface area contributed by atoms with E-state index in [9.17, 15) is 9.90 Å². The Labute approximate surface area is 137 Å². The summed E-state index contributed by atoms with van der Waals surface area (Å²) in [6.07, 6.45) is 0.832. The van der Waals surface area contributed by atoms with Crippen molar-refractivity contribution in [3.63, 3.8) is 0 Å². The smallest absolute Gasteiger partial charge is 0.252 e. The van der Waals surface area contributed by atoms with Crippen molar-refractivity contribution in [2.75, 3.05) is 6.61 Å². The zero-order chi connectivity index (χ0) is 17.0. The fourth-order valence-corrected chi connectivity index (χ4v) is 2.61. The number of hydrogen-bond acceptors (Lipinski definition) is 3. The van der Waals surface area contributed by atoms with Gasteiger partial charge in [-0.05, 0) is 30.4 Å². The van der Waals surface area contributed by atoms with Crippen LogP contribution in [0, 0.1) is 11.8 Å². The Morgan fingerprint density at radius 1 is 1.22 bits per heavy atom. The molecule has 1 atom stereocenters. The fraction of sp³-hybridized carbons (Fsp3) is 0.474. The van der Waals surface area contributed by atoms with Crippen molar-refractivity contribution in [2.24, 2.45) is 11.8 Å². The second-order valence-electron chi connectivity index (χ2n) is 6.78. The Balaban J connectivity index is 2.42. The summed E-state index contributed by atoms with van der Waals surface area (Å²) in [5.41, 5.74) is 2.39. The minimum absolute atomic E-state index is 0.0642. The molecule has 0 unspecified atom stereocenters. The van der Waals surface area contributed by atoms with Crippen LogP contribution in [0.4, 0.5) is 0 Å². The van der Waals surface area contributed by atoms with Crippen molar-refractivity contribution in [3.05, 3.63) is 41.6 Å². The van der Waals surface area contributed by atoms with Gasteiger partial charge in [0.1, 0.15) is 0 Å². The number of hydrogen-bond donors (Lipinski definition) is 2. The van der Waals surface area contributed by atoms with E-state index in [1.54, 1.807) is 0 Å². The normalized spacial score (nSPS) is 12.8. The highest BCUT2D eigenvalue weighted by atomic mass is 16.3. The first-order valence-electron chi connectivity index (χ1n) is 8.22. The Morgan fingerprint density at radius 2 is 1.91 bits per heavy atom. The van der Waals surface area contributed by atoms with Crippen LogP contribution in [0.25, 0.3) is 10.9 Å². The number of para-hydroxylation sites is 1. The number of fused-ring (bicyclic) bond motifs is 1. The van der Waals surface area contributed by atoms with Crippen LogP contribution in [-0.4, -0.2) is 28.6 Å². The van der Waals surface area contributed by atoms with Gasteiger partial charge in [-0.2, -0.15) is 0 Å². The molecule has 0 saturated carbocycles. The van der Waals surface area contributed by atoms with Gasteiger partial charge in [0.05, 0.1) is 23.7 Å². The molecule has 0 aliphatic rings. The summed E-state index contributed by atoms with van der Waals surface area (Å²) in [6, 6.07) is 9.33. The zero-order valence-corrected chi connectivity index (χ0v) is 14.3. The molecule has 0 saturated heterocycles. The maximum Gasteiger partial charge on any atom is 0.252 e. The highest BCUT2D eigenvalue weighted by molar-refractivity contribution is 6.06. The molecule has 4 heteroatoms. The van der Waals surface area contributed by atoms with Gasteiger partial charge in [0.15, 0.2) is 0 Å². The first kappa shape index (κ1) is 17.4. The van der Waals surface area contributed by atoms with Crippen LogP contribution in [0.5, 0.6) is 0 Å². The lowest BCUT2D eigenvalue weighted by atomic mass is 10.0. The van der Waals surface area contributed by atoms with Crippen LogP contribution in [0.15, 0.2) is 30.3 Å². The molecule has 0 radical (unpaired) electrons. The first-order valence-corrected chi connectivity index (χ1v) is 8.22. The average molecular weight is 314 g/mol. The molecule has 2 rings (SSSR count). The van der Waals surface area contributed by atoms with Crippen LogP contribution in [0.2, 0.25) is 0 Å². The quantitative estimate of drug-likeness (QED) is 0.861. The number of aliphatic hydroxyl groups excluding tert-OH is 1. The van der Waals surface area contributed by atoms with Crippen molar-refractivity contribution in [1.82, 2.24) is 10.3 Å². The average Bonchev–Trinajstić information content (AvgIpc) is 2.50. The Hall–Kier alpha value is -1.94. The molecule has 124 valence electrons. The zero-order valence-electron chi connectivity index (χ0n) is 14.3. The second kappa shape index (κ2) is 7.55. The molecule has 23 heavy (non-hydrogen) atoms. The molecular weight excluding hydrogens is 288 g/mol. The summed E-state index contributed by atoms with van der Waals surface area (Å²) in [4.78, 5) is 17.4. The van der Waals surface area contributed by atoms with Crippen molar-refractivity contribution < 1.29 is 9.90 Å². The largest absolute Gasteiger partial charge is 0.394 e. The van der Waals surface area contributed by atoms with Gasteiger partial charge < -0.3 is 10.4 Å². The van der Waals surface area contributed by atoms with Crippen LogP contribution < -0.4 is 5.32 Å². The summed E-state index contributed by atoms with van der Waals surface area (Å²) in [6.45, 7) is 8.17. The molecule has 2 N–H and O–H groups in total. The van der Waals surface area contributed by atoms with E-state index in [0.29, 0.717) is 11.5 Å². The van der Waals surface area contributed by atoms with Gasteiger partial charge in [0.25, 0.3) is 5.91 Å². The number of amides is 1. The van der Waals surface area contributed by atoms with E-state index in [2.05, 4.69) is 24.1 Å². The number of carbonyl (C=O) groups is 1. The number of nitrogens with zero attached hydrogens (tertiary/aromatic N) is 1. The number of pyridine rings is 1. The van der Waals surface area contributed by atoms with E-state index < -0.39 is 0 Å². The molecule has 0 aliphatic carbocycles. The molecule has 4 nitrogen and oxygen atoms in total. The minimum atomic E-state index is -0.247. The lowest BCUT2D eigenvalue weighted by Gasteiger charge is -2.20. The topological polar surface area (TPSA) is 62.2 Å². The molecule has 0 bridgehead atoms. The van der Waals surface area contributed by atoms with Gasteiger partial charge in [-0.25, -0.2) is 0 Å². The van der Waals surface area contributed by atoms with Crippen LogP contribution in [0.3, 0.4) is 0 Å². The molecule has 0 aliphatic heterocycles. The number of carbonyl (C=O) groups excluding carboxylic acids is 1. The molecule has 1 amide bonds. The van der Waals surface area contributed by atoms with Gasteiger partial charge in [-0.1, -0.05) is 45.9 Å². The van der Waals surface area contributed by atoms with Gasteiger partial charge >= 0.3 is 0 Å². The summed E-state index contributed by atoms with van der Waals surface area (Å²) >= 11 is 0. The second-order valence-corrected chi connectivity index (χ2v) is 6.78. The summed E-state index contributed by atoms with van der Waals surface area (Å²) in [7, 11) is 0. The molecule has 2 aromatic rings. The van der Waals surface area contributed by atoms with Crippen molar-refractivity contribution in [3.8, 4) is 0 Å². The van der Waals surface area contributed by atoms with E-state index >= 15 is 0 Å². The van der Waals surface area contributed by atoms with E-state index in [0.717, 1.165) is 23.0 Å². The standard InChI is InChI=1S/C19H26N2O2/c1-12(2)9-14-10-16(15-7-5-6-8-17(15)20-14)19(23)21-18(11-22)13(3)4/h5-8,10,12-13,18,22H,9,11H2,1-4H3,(H,21,23)/t18-/m1/s1. The predicted octanol–water partition coefficient (Wildman–Crippen LogP) is 3.18. The monoisotopic (exact) mass is 314 g/mol. The van der Waals surface area contributed by atoms with E-state index in [4.69, 9.17) is 0 Å². The Bertz CT molecular complexity index is 680. The van der Waals surface area contributed by atoms with Crippen LogP contribution in [-0.2, 0) is 6.42 Å². The SMILES string of the molecule is CC(C)Cc1cc(C(=O)N[C@H](CO)C(C)C)c2ccccc2n1.